The van der Waals surface area contributed by atoms with Gasteiger partial charge in [0.05, 0.1) is 79.0 Å². The number of hydrogen-bond donors (Lipinski definition) is 22. The number of esters is 2. The third-order valence-corrected chi connectivity index (χ3v) is 24.0. The molecule has 0 aliphatic rings. The van der Waals surface area contributed by atoms with Crippen LogP contribution in [0.3, 0.4) is 0 Å². The second-order valence-corrected chi connectivity index (χ2v) is 48.0. The third-order valence-electron chi connectivity index (χ3n) is 17.6. The molecule has 0 saturated carbocycles. The van der Waals surface area contributed by atoms with Gasteiger partial charge in [-0.25, -0.2) is 0 Å². The van der Waals surface area contributed by atoms with E-state index in [1.54, 1.807) is 76.2 Å². The van der Waals surface area contributed by atoms with Gasteiger partial charge in [0.25, 0.3) is 80.9 Å². The minimum absolute atomic E-state index is 0.00334. The summed E-state index contributed by atoms with van der Waals surface area (Å²) in [5.74, 6) is -2.88. The fraction of sp³-hybridized carbons (Fsp3) is 0.790. The highest BCUT2D eigenvalue weighted by atomic mass is 32.2. The summed E-state index contributed by atoms with van der Waals surface area (Å²) in [7, 11) is -30.0. The van der Waals surface area contributed by atoms with Crippen molar-refractivity contribution in [3.63, 3.8) is 0 Å². The first-order valence-electron chi connectivity index (χ1n) is 43.5. The summed E-state index contributed by atoms with van der Waals surface area (Å²) >= 11 is 0. The maximum atomic E-state index is 12.1. The van der Waals surface area contributed by atoms with Gasteiger partial charge < -0.3 is 84.1 Å². The van der Waals surface area contributed by atoms with E-state index in [2.05, 4.69) is 80.3 Å². The average molecular weight is 2090 g/mol. The molecule has 0 radical (unpaired) electrons. The average Bonchev–Trinajstić information content (AvgIpc) is 0.856. The van der Waals surface area contributed by atoms with Gasteiger partial charge in [-0.2, -0.15) is 67.3 Å². The molecule has 134 heavy (non-hydrogen) atoms. The molecule has 0 spiro atoms. The Bertz CT molecular complexity index is 4330. The van der Waals surface area contributed by atoms with Crippen LogP contribution in [-0.2, 0) is 114 Å². The lowest BCUT2D eigenvalue weighted by atomic mass is 9.86. The highest BCUT2D eigenvalue weighted by Gasteiger charge is 2.32. The molecule has 0 aliphatic carbocycles. The van der Waals surface area contributed by atoms with E-state index in [0.717, 1.165) is 30.4 Å². The van der Waals surface area contributed by atoms with Crippen molar-refractivity contribution in [2.75, 3.05) is 125 Å². The van der Waals surface area contributed by atoms with E-state index in [1.165, 1.54) is 7.11 Å². The van der Waals surface area contributed by atoms with Crippen LogP contribution in [-0.4, -0.2) is 321 Å². The van der Waals surface area contributed by atoms with E-state index in [4.69, 9.17) is 67.9 Å². The SMILES string of the molecule is CC(C)C[C@@H](CO)NCCCS(=O)(=O)O.CC(C)C[C@H](CO)NCCCS(=O)(=O)O.CC(C)[C@H](NCCCS(=O)(=O)O)C(=O)NC(C)(C)C.CCC(C)[C@@H](CO)NCCCS(=O)(=O)O.COC(=O)[C@@H](NCCCS(=O)(=O)O)C(C)(C)C.C[C@H](NCCCS(=O)(=O)O)C(=O)OC(C)(C)C.NC(=O)[C@@H](NCCCS(=O)(=O)O)c1ccccc1.NC(=O)[C@H](NCCCS(=O)(=O)O)c1ccccc1. The van der Waals surface area contributed by atoms with Crippen molar-refractivity contribution < 1.29 is 153 Å². The van der Waals surface area contributed by atoms with Crippen LogP contribution in [0.5, 0.6) is 0 Å². The van der Waals surface area contributed by atoms with E-state index in [0.29, 0.717) is 76.3 Å². The molecule has 3 amide bonds. The molecule has 0 bridgehead atoms. The van der Waals surface area contributed by atoms with E-state index >= 15 is 0 Å². The number of nitrogens with two attached hydrogens (primary N) is 2. The molecular formula is C81H163N11O34S8. The molecule has 24 N–H and O–H groups in total. The predicted octanol–water partition coefficient (Wildman–Crippen LogP) is 2.76. The van der Waals surface area contributed by atoms with E-state index in [-0.39, 0.29) is 170 Å². The number of benzene rings is 2. The van der Waals surface area contributed by atoms with Crippen molar-refractivity contribution in [1.82, 2.24) is 47.9 Å². The van der Waals surface area contributed by atoms with Gasteiger partial charge >= 0.3 is 11.9 Å². The van der Waals surface area contributed by atoms with E-state index < -0.39 is 123 Å². The quantitative estimate of drug-likeness (QED) is 0.0257. The number of ether oxygens (including phenoxy) is 2. The van der Waals surface area contributed by atoms with Crippen molar-refractivity contribution in [3.8, 4) is 0 Å². The Labute approximate surface area is 798 Å². The number of primary amides is 2. The van der Waals surface area contributed by atoms with Gasteiger partial charge in [0, 0.05) is 23.7 Å². The van der Waals surface area contributed by atoms with Crippen LogP contribution in [0.25, 0.3) is 0 Å². The van der Waals surface area contributed by atoms with Gasteiger partial charge in [-0.15, -0.1) is 0 Å². The van der Waals surface area contributed by atoms with Crippen molar-refractivity contribution in [1.29, 1.82) is 0 Å². The second-order valence-electron chi connectivity index (χ2n) is 35.5. The standard InChI is InChI=1S/C12H26N2O4S.2C11H16N2O4S.2C10H21NO5S.3C9H21NO4S/c1-9(2)10(11(15)14-12(3,4)5)13-7-6-8-19(16,17)18;2*12-11(14)10(9-5-2-1-3-6-9)13-7-4-8-18(15,16)17;1-10(2,3)8(9(12)16-4)11-6-5-7-17(13,14)15;1-8(9(12)16-10(2,3)4)11-6-5-7-17(13,14)15;2*1-8(2)6-9(7-11)10-4-3-5-15(12,13)14;1-3-8(2)9(7-11)10-5-4-6-15(12,13)14/h9-10,13H,6-8H2,1-5H3,(H,14,15)(H,16,17,18);2*1-3,5-6,10,13H,4,7-8H2,(H2,12,14)(H,15,16,17);2*8,11H,5-7H2,1-4H3,(H,13,14,15);3*8-11H,3-7H2,1-2H3,(H,12,13,14)/t3*10-;2*8-;2*9-;8?,9-/m01010101/s1. The van der Waals surface area contributed by atoms with Gasteiger partial charge in [-0.05, 0) is 205 Å². The van der Waals surface area contributed by atoms with E-state index in [1.807, 2.05) is 81.4 Å². The summed E-state index contributed by atoms with van der Waals surface area (Å²) in [6.07, 6.45) is 4.87. The monoisotopic (exact) mass is 2090 g/mol. The zero-order valence-electron chi connectivity index (χ0n) is 81.1. The molecule has 794 valence electrons. The fourth-order valence-corrected chi connectivity index (χ4v) is 15.1. The summed E-state index contributed by atoms with van der Waals surface area (Å²) in [5.41, 5.74) is 10.8. The largest absolute Gasteiger partial charge is 0.468 e. The van der Waals surface area contributed by atoms with E-state index in [9.17, 15) is 91.3 Å². The first kappa shape index (κ1) is 139. The maximum Gasteiger partial charge on any atom is 0.323 e. The first-order valence-corrected chi connectivity index (χ1v) is 56.4. The Hall–Kier alpha value is -5.37. The number of amides is 3. The summed E-state index contributed by atoms with van der Waals surface area (Å²) < 4.78 is 246. The molecule has 9 atom stereocenters. The Kier molecular flexibility index (Phi) is 74.8. The number of aliphatic hydroxyl groups is 3. The number of methoxy groups -OCH3 is 1. The number of hydrogen-bond acceptors (Lipinski definition) is 34. The summed E-state index contributed by atoms with van der Waals surface area (Å²) in [5, 5.41) is 53.6. The van der Waals surface area contributed by atoms with Crippen molar-refractivity contribution in [2.24, 2.45) is 40.6 Å². The first-order chi connectivity index (χ1) is 60.9. The molecule has 2 aromatic rings. The molecule has 1 unspecified atom stereocenters. The van der Waals surface area contributed by atoms with Crippen molar-refractivity contribution >= 4 is 111 Å². The van der Waals surface area contributed by atoms with Gasteiger partial charge in [0.1, 0.15) is 29.8 Å². The lowest BCUT2D eigenvalue weighted by molar-refractivity contribution is -0.157. The topological polar surface area (TPSA) is 760 Å². The molecule has 0 aliphatic heterocycles. The molecule has 53 heteroatoms. The third kappa shape index (κ3) is 95.5. The summed E-state index contributed by atoms with van der Waals surface area (Å²) in [4.78, 5) is 57.6. The Balaban J connectivity index is -0.000000350. The zero-order chi connectivity index (χ0) is 106. The van der Waals surface area contributed by atoms with Crippen LogP contribution in [0.2, 0.25) is 0 Å². The van der Waals surface area contributed by atoms with Crippen LogP contribution in [0.4, 0.5) is 0 Å². The lowest BCUT2D eigenvalue weighted by Crippen LogP contribution is -2.53. The molecular weight excluding hydrogens is 1930 g/mol. The summed E-state index contributed by atoms with van der Waals surface area (Å²) in [6.45, 7) is 37.6. The Morgan fingerprint density at radius 3 is 0.888 bits per heavy atom. The molecule has 0 fully saturated rings. The summed E-state index contributed by atoms with van der Waals surface area (Å²) in [6, 6.07) is 15.1. The van der Waals surface area contributed by atoms with Gasteiger partial charge in [0.15, 0.2) is 0 Å². The predicted molar refractivity (Wildman–Crippen MR) is 517 cm³/mol. The molecule has 2 aromatic carbocycles. The second kappa shape index (κ2) is 72.0. The zero-order valence-corrected chi connectivity index (χ0v) is 87.7. The normalized spacial score (nSPS) is 14.3. The van der Waals surface area contributed by atoms with Crippen LogP contribution >= 0.6 is 0 Å². The number of rotatable bonds is 57. The minimum atomic E-state index is -3.96. The lowest BCUT2D eigenvalue weighted by Gasteiger charge is -2.29. The molecule has 0 saturated heterocycles. The fourth-order valence-electron chi connectivity index (χ4n) is 11.0. The number of carbonyl (C=O) groups is 5. The Morgan fingerprint density at radius 1 is 0.381 bits per heavy atom. The van der Waals surface area contributed by atoms with Crippen molar-refractivity contribution in [3.05, 3.63) is 71.8 Å². The molecule has 45 nitrogen and oxygen atoms in total. The molecule has 0 aromatic heterocycles. The highest BCUT2D eigenvalue weighted by Crippen LogP contribution is 2.21. The van der Waals surface area contributed by atoms with Crippen LogP contribution in [0, 0.1) is 29.1 Å². The van der Waals surface area contributed by atoms with Crippen molar-refractivity contribution in [2.45, 2.75) is 255 Å². The maximum absolute atomic E-state index is 12.1. The van der Waals surface area contributed by atoms with Crippen LogP contribution < -0.4 is 59.3 Å². The number of carbonyl (C=O) groups excluding carboxylic acids is 5. The van der Waals surface area contributed by atoms with Crippen LogP contribution in [0.1, 0.15) is 218 Å². The number of aliphatic hydroxyl groups excluding tert-OH is 3. The Morgan fingerprint density at radius 2 is 0.657 bits per heavy atom. The molecule has 2 rings (SSSR count). The van der Waals surface area contributed by atoms with Crippen LogP contribution in [0.15, 0.2) is 60.7 Å². The highest BCUT2D eigenvalue weighted by molar-refractivity contribution is 7.87. The molecule has 0 heterocycles. The minimum Gasteiger partial charge on any atom is -0.468 e. The number of nitrogens with one attached hydrogen (secondary N) is 9. The van der Waals surface area contributed by atoms with Gasteiger partial charge in [-0.1, -0.05) is 143 Å². The smallest absolute Gasteiger partial charge is 0.323 e. The van der Waals surface area contributed by atoms with Gasteiger partial charge in [0.2, 0.25) is 17.7 Å². The van der Waals surface area contributed by atoms with Gasteiger partial charge in [-0.3, -0.25) is 60.4 Å².